The summed E-state index contributed by atoms with van der Waals surface area (Å²) in [6.45, 7) is 20.2. The Morgan fingerprint density at radius 2 is 1.51 bits per heavy atom. The molecule has 39 heavy (non-hydrogen) atoms. The summed E-state index contributed by atoms with van der Waals surface area (Å²) in [5.41, 5.74) is -0.205. The van der Waals surface area contributed by atoms with E-state index in [1.54, 1.807) is 9.32 Å². The van der Waals surface area contributed by atoms with Crippen LogP contribution in [0.5, 0.6) is 0 Å². The predicted molar refractivity (Wildman–Crippen MR) is 153 cm³/mol. The zero-order valence-corrected chi connectivity index (χ0v) is 25.8. The number of nitrogens with zero attached hydrogens (tertiary/aromatic N) is 2. The molecule has 11 heteroatoms. The molecule has 2 aliphatic rings. The van der Waals surface area contributed by atoms with Gasteiger partial charge in [0, 0.05) is 25.7 Å². The number of carbonyl (C=O) groups is 2. The third-order valence-electron chi connectivity index (χ3n) is 7.12. The Kier molecular flexibility index (Phi) is 9.27. The monoisotopic (exact) mass is 565 g/mol. The molecule has 2 amide bonds. The molecule has 2 heterocycles. The fourth-order valence-corrected chi connectivity index (χ4v) is 4.73. The Labute approximate surface area is 239 Å². The van der Waals surface area contributed by atoms with E-state index in [2.05, 4.69) is 5.32 Å². The zero-order valence-electron chi connectivity index (χ0n) is 25.1. The molecule has 1 aromatic carbocycles. The van der Waals surface area contributed by atoms with Crippen molar-refractivity contribution in [1.29, 1.82) is 0 Å². The number of hydrogen-bond donors (Lipinski definition) is 1. The third kappa shape index (κ3) is 8.25. The third-order valence-corrected chi connectivity index (χ3v) is 7.63. The number of rotatable bonds is 5. The molecule has 0 aliphatic carbocycles. The Balaban J connectivity index is 1.76. The smallest absolute Gasteiger partial charge is 0.444 e. The first kappa shape index (κ1) is 31.5. The number of carbonyl (C=O) groups excluding carboxylic acids is 2. The fraction of sp³-hybridized carbons (Fsp3) is 0.714. The number of benzene rings is 1. The molecule has 2 aliphatic heterocycles. The number of piperazine rings is 1. The summed E-state index contributed by atoms with van der Waals surface area (Å²) in [4.78, 5) is 26.9. The van der Waals surface area contributed by atoms with E-state index in [-0.39, 0.29) is 12.1 Å². The molecule has 0 aromatic heterocycles. The zero-order chi connectivity index (χ0) is 29.4. The molecule has 9 nitrogen and oxygen atoms in total. The average molecular weight is 566 g/mol. The van der Waals surface area contributed by atoms with Crippen molar-refractivity contribution < 1.29 is 28.4 Å². The van der Waals surface area contributed by atoms with Crippen molar-refractivity contribution in [3.8, 4) is 0 Å². The van der Waals surface area contributed by atoms with Crippen LogP contribution in [-0.4, -0.2) is 76.7 Å². The SMILES string of the molecule is CC(C)(C)OC(=O)NCC[C@@H]1CN(C(=O)OC(C)(C)C)C[C@@H](c2ccc(B3OC(C)(C)C(C)(C)O3)cc2)N1Cl. The molecule has 3 rings (SSSR count). The summed E-state index contributed by atoms with van der Waals surface area (Å²) in [5.74, 6) is 0. The average Bonchev–Trinajstić information content (AvgIpc) is 2.99. The van der Waals surface area contributed by atoms with E-state index in [4.69, 9.17) is 30.6 Å². The van der Waals surface area contributed by atoms with Gasteiger partial charge < -0.3 is 29.0 Å². The van der Waals surface area contributed by atoms with Gasteiger partial charge in [-0.2, -0.15) is 0 Å². The van der Waals surface area contributed by atoms with Crippen molar-refractivity contribution in [2.75, 3.05) is 19.6 Å². The minimum atomic E-state index is -0.622. The van der Waals surface area contributed by atoms with E-state index in [1.165, 1.54) is 0 Å². The first-order valence-corrected chi connectivity index (χ1v) is 14.0. The Morgan fingerprint density at radius 1 is 0.974 bits per heavy atom. The molecule has 2 fully saturated rings. The van der Waals surface area contributed by atoms with Crippen LogP contribution in [0.3, 0.4) is 0 Å². The fourth-order valence-electron chi connectivity index (χ4n) is 4.40. The quantitative estimate of drug-likeness (QED) is 0.396. The lowest BCUT2D eigenvalue weighted by molar-refractivity contribution is 0.00325. The summed E-state index contributed by atoms with van der Waals surface area (Å²) in [6, 6.07) is 7.44. The van der Waals surface area contributed by atoms with Crippen LogP contribution in [0.4, 0.5) is 9.59 Å². The number of amides is 2. The van der Waals surface area contributed by atoms with E-state index in [0.29, 0.717) is 26.1 Å². The topological polar surface area (TPSA) is 89.6 Å². The van der Waals surface area contributed by atoms with Crippen molar-refractivity contribution in [2.45, 2.75) is 110 Å². The highest BCUT2D eigenvalue weighted by Gasteiger charge is 2.51. The molecule has 0 radical (unpaired) electrons. The van der Waals surface area contributed by atoms with Crippen molar-refractivity contribution in [3.05, 3.63) is 29.8 Å². The lowest BCUT2D eigenvalue weighted by Crippen LogP contribution is -2.54. The summed E-state index contributed by atoms with van der Waals surface area (Å²) in [7, 11) is -0.465. The standard InChI is InChI=1S/C28H45BClN3O6/c1-25(2,3)36-23(34)31-16-15-21-17-32(24(35)37-26(4,5)6)18-22(33(21)30)19-11-13-20(14-12-19)29-38-27(7,8)28(9,10)39-29/h11-14,21-22H,15-18H2,1-10H3,(H,31,34)/t21-,22+/m1/s1. The summed E-state index contributed by atoms with van der Waals surface area (Å²) in [5, 5.41) is 2.79. The van der Waals surface area contributed by atoms with Crippen LogP contribution in [0.15, 0.2) is 24.3 Å². The first-order chi connectivity index (χ1) is 17.8. The van der Waals surface area contributed by atoms with Gasteiger partial charge in [0.25, 0.3) is 0 Å². The van der Waals surface area contributed by atoms with Gasteiger partial charge in [0.1, 0.15) is 11.2 Å². The van der Waals surface area contributed by atoms with Gasteiger partial charge in [0.15, 0.2) is 0 Å². The van der Waals surface area contributed by atoms with Crippen molar-refractivity contribution in [1.82, 2.24) is 14.6 Å². The van der Waals surface area contributed by atoms with E-state index < -0.39 is 41.7 Å². The van der Waals surface area contributed by atoms with Crippen molar-refractivity contribution in [3.63, 3.8) is 0 Å². The summed E-state index contributed by atoms with van der Waals surface area (Å²) < 4.78 is 25.1. The van der Waals surface area contributed by atoms with Crippen LogP contribution in [0.25, 0.3) is 0 Å². The van der Waals surface area contributed by atoms with Crippen LogP contribution < -0.4 is 10.8 Å². The summed E-state index contributed by atoms with van der Waals surface area (Å²) in [6.07, 6.45) is -0.362. The maximum absolute atomic E-state index is 13.1. The molecule has 0 saturated carbocycles. The van der Waals surface area contributed by atoms with Crippen LogP contribution in [0.1, 0.15) is 87.3 Å². The number of hydrogen-bond acceptors (Lipinski definition) is 7. The molecule has 2 saturated heterocycles. The highest BCUT2D eigenvalue weighted by molar-refractivity contribution is 6.62. The molecule has 1 N–H and O–H groups in total. The first-order valence-electron chi connectivity index (χ1n) is 13.6. The number of ether oxygens (including phenoxy) is 2. The second-order valence-electron chi connectivity index (χ2n) is 13.4. The van der Waals surface area contributed by atoms with E-state index in [9.17, 15) is 9.59 Å². The van der Waals surface area contributed by atoms with Gasteiger partial charge in [-0.05, 0) is 98.5 Å². The number of nitrogens with one attached hydrogen (secondary N) is 1. The highest BCUT2D eigenvalue weighted by atomic mass is 35.5. The van der Waals surface area contributed by atoms with Gasteiger partial charge in [-0.25, -0.2) is 14.0 Å². The second-order valence-corrected chi connectivity index (χ2v) is 13.8. The van der Waals surface area contributed by atoms with Crippen molar-refractivity contribution >= 4 is 36.5 Å². The highest BCUT2D eigenvalue weighted by Crippen LogP contribution is 2.37. The normalized spacial score (nSPS) is 23.5. The Hall–Kier alpha value is -2.01. The van der Waals surface area contributed by atoms with Crippen LogP contribution in [0.2, 0.25) is 0 Å². The molecule has 1 aromatic rings. The predicted octanol–water partition coefficient (Wildman–Crippen LogP) is 5.02. The van der Waals surface area contributed by atoms with E-state index in [1.807, 2.05) is 93.5 Å². The van der Waals surface area contributed by atoms with E-state index >= 15 is 0 Å². The van der Waals surface area contributed by atoms with Crippen LogP contribution in [-0.2, 0) is 18.8 Å². The van der Waals surface area contributed by atoms with Gasteiger partial charge in [-0.15, -0.1) is 0 Å². The number of halogens is 1. The molecule has 0 bridgehead atoms. The number of alkyl carbamates (subject to hydrolysis) is 1. The minimum Gasteiger partial charge on any atom is -0.444 e. The molecular formula is C28H45BClN3O6. The van der Waals surface area contributed by atoms with Gasteiger partial charge in [0.2, 0.25) is 0 Å². The van der Waals surface area contributed by atoms with E-state index in [0.717, 1.165) is 11.0 Å². The lowest BCUT2D eigenvalue weighted by Gasteiger charge is -2.43. The van der Waals surface area contributed by atoms with Gasteiger partial charge in [-0.3, -0.25) is 0 Å². The largest absolute Gasteiger partial charge is 0.494 e. The van der Waals surface area contributed by atoms with Crippen molar-refractivity contribution in [2.24, 2.45) is 0 Å². The molecular weight excluding hydrogens is 521 g/mol. The second kappa shape index (κ2) is 11.5. The van der Waals surface area contributed by atoms with Gasteiger partial charge in [0.05, 0.1) is 17.2 Å². The molecule has 0 unspecified atom stereocenters. The van der Waals surface area contributed by atoms with Crippen LogP contribution in [0, 0.1) is 0 Å². The van der Waals surface area contributed by atoms with Gasteiger partial charge >= 0.3 is 19.3 Å². The van der Waals surface area contributed by atoms with Gasteiger partial charge in [-0.1, -0.05) is 24.3 Å². The minimum absolute atomic E-state index is 0.226. The maximum atomic E-state index is 13.1. The Bertz CT molecular complexity index is 1010. The molecule has 218 valence electrons. The maximum Gasteiger partial charge on any atom is 0.494 e. The summed E-state index contributed by atoms with van der Waals surface area (Å²) >= 11 is 6.91. The molecule has 0 spiro atoms. The Morgan fingerprint density at radius 3 is 2.03 bits per heavy atom. The van der Waals surface area contributed by atoms with Crippen LogP contribution >= 0.6 is 11.8 Å². The lowest BCUT2D eigenvalue weighted by atomic mass is 9.78. The molecule has 2 atom stereocenters.